The number of hydrogen-bond donors (Lipinski definition) is 0. The van der Waals surface area contributed by atoms with E-state index in [0.29, 0.717) is 31.5 Å². The largest absolute Gasteiger partial charge is 0.462 e. The zero-order valence-corrected chi connectivity index (χ0v) is 24.0. The van der Waals surface area contributed by atoms with Crippen molar-refractivity contribution in [1.29, 1.82) is 0 Å². The van der Waals surface area contributed by atoms with Crippen LogP contribution in [0.2, 0.25) is 0 Å². The molecule has 3 fully saturated rings. The van der Waals surface area contributed by atoms with Crippen molar-refractivity contribution >= 4 is 22.5 Å². The summed E-state index contributed by atoms with van der Waals surface area (Å²) in [6.07, 6.45) is 4.78. The maximum atomic E-state index is 16.8. The molecule has 7 rings (SSSR count). The molecular formula is C32H33F4N5O2. The molecule has 0 radical (unpaired) electrons. The molecule has 11 heteroatoms. The number of fused-ring (bicyclic) bond motifs is 3. The molecule has 1 aliphatic carbocycles. The minimum absolute atomic E-state index is 0.0683. The summed E-state index contributed by atoms with van der Waals surface area (Å²) in [6.45, 7) is 4.16. The second-order valence-electron chi connectivity index (χ2n) is 12.1. The van der Waals surface area contributed by atoms with E-state index in [2.05, 4.69) is 16.5 Å². The van der Waals surface area contributed by atoms with Crippen LogP contribution in [0, 0.1) is 11.6 Å². The fourth-order valence-corrected chi connectivity index (χ4v) is 7.42. The first kappa shape index (κ1) is 28.1. The molecular weight excluding hydrogens is 562 g/mol. The summed E-state index contributed by atoms with van der Waals surface area (Å²) in [4.78, 5) is 26.2. The zero-order valence-electron chi connectivity index (χ0n) is 24.0. The van der Waals surface area contributed by atoms with E-state index in [1.165, 1.54) is 11.1 Å². The highest BCUT2D eigenvalue weighted by molar-refractivity contribution is 5.98. The molecule has 43 heavy (non-hydrogen) atoms. The molecule has 0 N–H and O–H groups in total. The van der Waals surface area contributed by atoms with Gasteiger partial charge in [-0.05, 0) is 62.3 Å². The van der Waals surface area contributed by atoms with Crippen molar-refractivity contribution in [3.05, 3.63) is 59.6 Å². The predicted molar refractivity (Wildman–Crippen MR) is 154 cm³/mol. The Bertz CT molecular complexity index is 1630. The van der Waals surface area contributed by atoms with Crippen LogP contribution >= 0.6 is 0 Å². The summed E-state index contributed by atoms with van der Waals surface area (Å²) in [6, 6.07) is 4.78. The van der Waals surface area contributed by atoms with Crippen LogP contribution in [0.4, 0.5) is 23.2 Å². The summed E-state index contributed by atoms with van der Waals surface area (Å²) in [5.74, 6) is -3.29. The molecule has 4 aliphatic rings. The van der Waals surface area contributed by atoms with Crippen LogP contribution < -0.4 is 9.64 Å². The number of likely N-dealkylation sites (N-methyl/N-ethyl adjacent to an activating group) is 1. The number of ether oxygens (including phenoxy) is 1. The summed E-state index contributed by atoms with van der Waals surface area (Å²) in [7, 11) is 1.82. The monoisotopic (exact) mass is 595 g/mol. The lowest BCUT2D eigenvalue weighted by Gasteiger charge is -2.48. The molecule has 1 unspecified atom stereocenters. The Morgan fingerprint density at radius 2 is 1.95 bits per heavy atom. The van der Waals surface area contributed by atoms with E-state index < -0.39 is 29.5 Å². The van der Waals surface area contributed by atoms with E-state index in [1.807, 2.05) is 29.0 Å². The van der Waals surface area contributed by atoms with Gasteiger partial charge < -0.3 is 14.5 Å². The van der Waals surface area contributed by atoms with Crippen LogP contribution in [0.1, 0.15) is 36.8 Å². The van der Waals surface area contributed by atoms with E-state index in [4.69, 9.17) is 4.74 Å². The van der Waals surface area contributed by atoms with Gasteiger partial charge in [0.25, 0.3) is 5.91 Å². The molecule has 0 bridgehead atoms. The minimum atomic E-state index is -1.03. The lowest BCUT2D eigenvalue weighted by Crippen LogP contribution is -2.63. The van der Waals surface area contributed by atoms with Crippen molar-refractivity contribution in [2.45, 2.75) is 62.8 Å². The Hall–Kier alpha value is -3.73. The number of hydrogen-bond acceptors (Lipinski definition) is 6. The maximum Gasteiger partial charge on any atom is 0.317 e. The van der Waals surface area contributed by atoms with Gasteiger partial charge >= 0.3 is 6.01 Å². The van der Waals surface area contributed by atoms with Gasteiger partial charge in [-0.15, -0.1) is 0 Å². The number of amides is 1. The number of carbonyl (C=O) groups is 1. The number of likely N-dealkylation sites (tertiary alicyclic amines) is 2. The second kappa shape index (κ2) is 10.8. The van der Waals surface area contributed by atoms with E-state index in [1.54, 1.807) is 6.07 Å². The fourth-order valence-electron chi connectivity index (χ4n) is 7.42. The summed E-state index contributed by atoms with van der Waals surface area (Å²) < 4.78 is 66.7. The molecule has 0 saturated carbocycles. The molecule has 4 atom stereocenters. The van der Waals surface area contributed by atoms with Crippen LogP contribution in [0.15, 0.2) is 36.8 Å². The number of aryl methyl sites for hydroxylation is 1. The Morgan fingerprint density at radius 3 is 2.72 bits per heavy atom. The third-order valence-corrected chi connectivity index (χ3v) is 9.66. The van der Waals surface area contributed by atoms with Crippen LogP contribution in [-0.4, -0.2) is 83.3 Å². The third kappa shape index (κ3) is 4.63. The minimum Gasteiger partial charge on any atom is -0.462 e. The van der Waals surface area contributed by atoms with Gasteiger partial charge in [0.05, 0.1) is 23.3 Å². The highest BCUT2D eigenvalue weighted by Gasteiger charge is 2.50. The number of aromatic nitrogens is 2. The first-order valence-corrected chi connectivity index (χ1v) is 14.9. The van der Waals surface area contributed by atoms with Gasteiger partial charge in [-0.1, -0.05) is 24.8 Å². The van der Waals surface area contributed by atoms with E-state index in [0.717, 1.165) is 36.8 Å². The third-order valence-electron chi connectivity index (χ3n) is 9.66. The van der Waals surface area contributed by atoms with Gasteiger partial charge in [-0.2, -0.15) is 4.98 Å². The lowest BCUT2D eigenvalue weighted by molar-refractivity contribution is -0.130. The SMILES string of the molecule is C=C(F)C(=O)N1CCC2[C@H]1CN2c1c(F)c(-c2cccc3c2CCCC3)c(F)c2nc(OC[C@@H]3C[C@@H](F)CN3C)ncc12. The Labute approximate surface area is 247 Å². The lowest BCUT2D eigenvalue weighted by atomic mass is 9.85. The normalized spacial score (nSPS) is 25.0. The Balaban J connectivity index is 1.32. The number of halogens is 4. The molecule has 1 amide bonds. The summed E-state index contributed by atoms with van der Waals surface area (Å²) in [5, 5.41) is 0.191. The standard InChI is InChI=1S/C32H33F4N5O2/c1-17(33)31(42)40-11-10-24-25(40)15-41(24)30-23-13-37-32(43-16-20-12-19(34)14-39(20)2)38-29(23)27(35)26(28(30)36)22-9-5-7-18-6-3-4-8-21(18)22/h5,7,9,13,19-20,24-25H,1,3-4,6,8,10-12,14-16H2,2H3/t19-,20+,24?,25-/m1/s1. The van der Waals surface area contributed by atoms with Gasteiger partial charge in [0.2, 0.25) is 0 Å². The first-order chi connectivity index (χ1) is 20.7. The molecule has 7 nitrogen and oxygen atoms in total. The van der Waals surface area contributed by atoms with E-state index in [9.17, 15) is 13.6 Å². The fraction of sp³-hybridized carbons (Fsp3) is 0.469. The van der Waals surface area contributed by atoms with Crippen molar-refractivity contribution in [1.82, 2.24) is 19.8 Å². The smallest absolute Gasteiger partial charge is 0.317 e. The molecule has 3 saturated heterocycles. The second-order valence-corrected chi connectivity index (χ2v) is 12.1. The number of benzene rings is 2. The van der Waals surface area contributed by atoms with Crippen molar-refractivity contribution in [3.63, 3.8) is 0 Å². The molecule has 3 aliphatic heterocycles. The Morgan fingerprint density at radius 1 is 1.14 bits per heavy atom. The number of rotatable bonds is 6. The van der Waals surface area contributed by atoms with Gasteiger partial charge in [0.1, 0.15) is 18.3 Å². The summed E-state index contributed by atoms with van der Waals surface area (Å²) >= 11 is 0. The van der Waals surface area contributed by atoms with Crippen molar-refractivity contribution in [3.8, 4) is 17.1 Å². The highest BCUT2D eigenvalue weighted by Crippen LogP contribution is 2.46. The zero-order chi connectivity index (χ0) is 30.0. The average molecular weight is 596 g/mol. The predicted octanol–water partition coefficient (Wildman–Crippen LogP) is 5.15. The van der Waals surface area contributed by atoms with Crippen molar-refractivity contribution in [2.24, 2.45) is 0 Å². The number of carbonyl (C=O) groups excluding carboxylic acids is 1. The molecule has 1 aromatic heterocycles. The molecule has 4 heterocycles. The highest BCUT2D eigenvalue weighted by atomic mass is 19.1. The maximum absolute atomic E-state index is 16.8. The number of alkyl halides is 1. The average Bonchev–Trinajstić information content (AvgIpc) is 3.50. The topological polar surface area (TPSA) is 61.8 Å². The number of nitrogens with zero attached hydrogens (tertiary/aromatic N) is 5. The quantitative estimate of drug-likeness (QED) is 0.290. The van der Waals surface area contributed by atoms with Gasteiger partial charge in [0, 0.05) is 37.3 Å². The molecule has 3 aromatic rings. The molecule has 226 valence electrons. The van der Waals surface area contributed by atoms with Gasteiger partial charge in [-0.3, -0.25) is 9.69 Å². The van der Waals surface area contributed by atoms with Gasteiger partial charge in [0.15, 0.2) is 17.5 Å². The van der Waals surface area contributed by atoms with Crippen molar-refractivity contribution in [2.75, 3.05) is 38.2 Å². The summed E-state index contributed by atoms with van der Waals surface area (Å²) in [5.41, 5.74) is 2.48. The van der Waals surface area contributed by atoms with Crippen LogP contribution in [0.25, 0.3) is 22.0 Å². The van der Waals surface area contributed by atoms with Gasteiger partial charge in [-0.25, -0.2) is 22.5 Å². The number of anilines is 1. The first-order valence-electron chi connectivity index (χ1n) is 14.9. The van der Waals surface area contributed by atoms with Crippen LogP contribution in [0.5, 0.6) is 6.01 Å². The van der Waals surface area contributed by atoms with E-state index in [-0.39, 0.29) is 59.4 Å². The van der Waals surface area contributed by atoms with Crippen molar-refractivity contribution < 1.29 is 27.1 Å². The van der Waals surface area contributed by atoms with Crippen LogP contribution in [-0.2, 0) is 17.6 Å². The van der Waals surface area contributed by atoms with E-state index >= 15 is 8.78 Å². The Kier molecular flexibility index (Phi) is 7.03. The molecule has 2 aromatic carbocycles. The molecule has 0 spiro atoms. The van der Waals surface area contributed by atoms with Crippen LogP contribution in [0.3, 0.4) is 0 Å².